The third-order valence-electron chi connectivity index (χ3n) is 5.93. The Balaban J connectivity index is 2.05. The van der Waals surface area contributed by atoms with Crippen LogP contribution in [-0.4, -0.2) is 44.8 Å². The minimum absolute atomic E-state index is 0.0740. The van der Waals surface area contributed by atoms with Crippen LogP contribution in [-0.2, 0) is 26.2 Å². The van der Waals surface area contributed by atoms with Crippen LogP contribution in [0.25, 0.3) is 0 Å². The van der Waals surface area contributed by atoms with Gasteiger partial charge in [0.05, 0.1) is 10.6 Å². The van der Waals surface area contributed by atoms with Gasteiger partial charge in [0, 0.05) is 18.6 Å². The molecule has 3 rings (SSSR count). The second-order valence-electron chi connectivity index (χ2n) is 8.55. The van der Waals surface area contributed by atoms with E-state index < -0.39 is 28.5 Å². The smallest absolute Gasteiger partial charge is 0.264 e. The predicted octanol–water partition coefficient (Wildman–Crippen LogP) is 4.32. The molecule has 9 heteroatoms. The number of nitrogens with zero attached hydrogens (tertiary/aromatic N) is 2. The highest BCUT2D eigenvalue weighted by molar-refractivity contribution is 7.92. The first kappa shape index (κ1) is 27.2. The number of likely N-dealkylation sites (N-methyl/N-ethyl adjacent to an activating group) is 1. The van der Waals surface area contributed by atoms with Crippen molar-refractivity contribution in [3.05, 3.63) is 94.5 Å². The molecule has 3 aromatic carbocycles. The number of sulfonamides is 1. The minimum atomic E-state index is -4.09. The molecule has 1 unspecified atom stereocenters. The number of para-hydroxylation sites is 1. The standard InChI is InChI=1S/C27H30ClN3O4S/c1-19-12-14-24(15-13-19)36(34,35)31(25-11-6-5-8-20(25)2)18-26(32)30(21(3)27(33)29-4)17-22-9-7-10-23(28)16-22/h5-16,21H,17-18H2,1-4H3,(H,29,33). The zero-order valence-electron chi connectivity index (χ0n) is 20.7. The Morgan fingerprint density at radius 1 is 0.972 bits per heavy atom. The zero-order chi connectivity index (χ0) is 26.5. The van der Waals surface area contributed by atoms with Gasteiger partial charge in [0.15, 0.2) is 0 Å². The van der Waals surface area contributed by atoms with Crippen LogP contribution in [0.4, 0.5) is 5.69 Å². The van der Waals surface area contributed by atoms with Gasteiger partial charge in [-0.05, 0) is 62.2 Å². The fraction of sp³-hybridized carbons (Fsp3) is 0.259. The van der Waals surface area contributed by atoms with Crippen LogP contribution in [0.1, 0.15) is 23.6 Å². The summed E-state index contributed by atoms with van der Waals surface area (Å²) in [5.74, 6) is -0.890. The van der Waals surface area contributed by atoms with Crippen LogP contribution in [0.5, 0.6) is 0 Å². The van der Waals surface area contributed by atoms with Crippen LogP contribution < -0.4 is 9.62 Å². The van der Waals surface area contributed by atoms with Crippen molar-refractivity contribution in [2.24, 2.45) is 0 Å². The number of carbonyl (C=O) groups is 2. The number of anilines is 1. The number of nitrogens with one attached hydrogen (secondary N) is 1. The molecule has 2 amide bonds. The number of halogens is 1. The van der Waals surface area contributed by atoms with Crippen molar-refractivity contribution in [2.45, 2.75) is 38.3 Å². The normalized spacial score (nSPS) is 12.0. The van der Waals surface area contributed by atoms with Crippen molar-refractivity contribution in [1.29, 1.82) is 0 Å². The van der Waals surface area contributed by atoms with E-state index in [4.69, 9.17) is 11.6 Å². The number of amides is 2. The summed E-state index contributed by atoms with van der Waals surface area (Å²) in [5.41, 5.74) is 2.72. The van der Waals surface area contributed by atoms with E-state index in [-0.39, 0.29) is 17.3 Å². The largest absolute Gasteiger partial charge is 0.357 e. The maximum Gasteiger partial charge on any atom is 0.264 e. The van der Waals surface area contributed by atoms with Crippen LogP contribution >= 0.6 is 11.6 Å². The van der Waals surface area contributed by atoms with E-state index in [0.717, 1.165) is 15.4 Å². The molecule has 0 saturated carbocycles. The molecule has 0 spiro atoms. The van der Waals surface area contributed by atoms with Gasteiger partial charge in [-0.2, -0.15) is 0 Å². The van der Waals surface area contributed by atoms with Crippen molar-refractivity contribution < 1.29 is 18.0 Å². The highest BCUT2D eigenvalue weighted by Crippen LogP contribution is 2.27. The summed E-state index contributed by atoms with van der Waals surface area (Å²) in [4.78, 5) is 27.7. The molecule has 1 atom stereocenters. The van der Waals surface area contributed by atoms with Gasteiger partial charge in [-0.3, -0.25) is 13.9 Å². The zero-order valence-corrected chi connectivity index (χ0v) is 22.3. The molecular formula is C27H30ClN3O4S. The molecule has 7 nitrogen and oxygen atoms in total. The summed E-state index contributed by atoms with van der Waals surface area (Å²) >= 11 is 6.13. The van der Waals surface area contributed by atoms with Gasteiger partial charge in [0.2, 0.25) is 11.8 Å². The number of aryl methyl sites for hydroxylation is 2. The fourth-order valence-corrected chi connectivity index (χ4v) is 5.51. The van der Waals surface area contributed by atoms with Gasteiger partial charge in [0.1, 0.15) is 12.6 Å². The Labute approximate surface area is 217 Å². The maximum absolute atomic E-state index is 13.8. The summed E-state index contributed by atoms with van der Waals surface area (Å²) in [5, 5.41) is 3.06. The van der Waals surface area contributed by atoms with Crippen molar-refractivity contribution in [2.75, 3.05) is 17.9 Å². The summed E-state index contributed by atoms with van der Waals surface area (Å²) < 4.78 is 28.7. The Morgan fingerprint density at radius 2 is 1.64 bits per heavy atom. The molecule has 190 valence electrons. The van der Waals surface area contributed by atoms with Gasteiger partial charge in [-0.1, -0.05) is 59.6 Å². The molecule has 0 aromatic heterocycles. The summed E-state index contributed by atoms with van der Waals surface area (Å²) in [6.45, 7) is 4.86. The molecule has 1 N–H and O–H groups in total. The number of hydrogen-bond donors (Lipinski definition) is 1. The molecular weight excluding hydrogens is 498 g/mol. The van der Waals surface area contributed by atoms with Crippen LogP contribution in [0.2, 0.25) is 5.02 Å². The third-order valence-corrected chi connectivity index (χ3v) is 7.94. The number of hydrogen-bond acceptors (Lipinski definition) is 4. The van der Waals surface area contributed by atoms with E-state index in [9.17, 15) is 18.0 Å². The molecule has 0 fully saturated rings. The summed E-state index contributed by atoms with van der Waals surface area (Å²) in [6.07, 6.45) is 0. The van der Waals surface area contributed by atoms with Gasteiger partial charge in [0.25, 0.3) is 10.0 Å². The Kier molecular flexibility index (Phi) is 8.76. The number of benzene rings is 3. The topological polar surface area (TPSA) is 86.8 Å². The van der Waals surface area contributed by atoms with Crippen LogP contribution in [0.15, 0.2) is 77.7 Å². The van der Waals surface area contributed by atoms with Gasteiger partial charge in [-0.25, -0.2) is 8.42 Å². The Hall–Kier alpha value is -3.36. The second-order valence-corrected chi connectivity index (χ2v) is 10.9. The van der Waals surface area contributed by atoms with Gasteiger partial charge in [-0.15, -0.1) is 0 Å². The van der Waals surface area contributed by atoms with E-state index in [0.29, 0.717) is 16.3 Å². The SMILES string of the molecule is CNC(=O)C(C)N(Cc1cccc(Cl)c1)C(=O)CN(c1ccccc1C)S(=O)(=O)c1ccc(C)cc1. The highest BCUT2D eigenvalue weighted by Gasteiger charge is 2.32. The van der Waals surface area contributed by atoms with Crippen LogP contribution in [0, 0.1) is 13.8 Å². The third kappa shape index (κ3) is 6.25. The first-order valence-corrected chi connectivity index (χ1v) is 13.3. The summed E-state index contributed by atoms with van der Waals surface area (Å²) in [7, 11) is -2.60. The van der Waals surface area contributed by atoms with Crippen molar-refractivity contribution in [1.82, 2.24) is 10.2 Å². The quantitative estimate of drug-likeness (QED) is 0.449. The van der Waals surface area contributed by atoms with Crippen molar-refractivity contribution in [3.63, 3.8) is 0 Å². The Bertz CT molecular complexity index is 1340. The van der Waals surface area contributed by atoms with E-state index >= 15 is 0 Å². The predicted molar refractivity (Wildman–Crippen MR) is 142 cm³/mol. The maximum atomic E-state index is 13.8. The van der Waals surface area contributed by atoms with Gasteiger partial charge >= 0.3 is 0 Å². The minimum Gasteiger partial charge on any atom is -0.357 e. The molecule has 0 aliphatic heterocycles. The first-order valence-electron chi connectivity index (χ1n) is 11.4. The Morgan fingerprint density at radius 3 is 2.25 bits per heavy atom. The molecule has 0 aliphatic carbocycles. The molecule has 36 heavy (non-hydrogen) atoms. The lowest BCUT2D eigenvalue weighted by Crippen LogP contribution is -2.50. The average Bonchev–Trinajstić information content (AvgIpc) is 2.85. The number of carbonyl (C=O) groups excluding carboxylic acids is 2. The lowest BCUT2D eigenvalue weighted by atomic mass is 10.1. The highest BCUT2D eigenvalue weighted by atomic mass is 35.5. The van der Waals surface area contributed by atoms with Gasteiger partial charge < -0.3 is 10.2 Å². The molecule has 0 radical (unpaired) electrons. The van der Waals surface area contributed by atoms with Crippen LogP contribution in [0.3, 0.4) is 0 Å². The molecule has 0 saturated heterocycles. The average molecular weight is 528 g/mol. The van der Waals surface area contributed by atoms with E-state index in [1.807, 2.05) is 6.92 Å². The summed E-state index contributed by atoms with van der Waals surface area (Å²) in [6, 6.07) is 19.6. The van der Waals surface area contributed by atoms with Crippen molar-refractivity contribution in [3.8, 4) is 0 Å². The monoisotopic (exact) mass is 527 g/mol. The van der Waals surface area contributed by atoms with E-state index in [1.54, 1.807) is 74.5 Å². The molecule has 0 heterocycles. The molecule has 0 bridgehead atoms. The first-order chi connectivity index (χ1) is 17.0. The molecule has 0 aliphatic rings. The van der Waals surface area contributed by atoms with E-state index in [2.05, 4.69) is 5.32 Å². The lowest BCUT2D eigenvalue weighted by Gasteiger charge is -2.32. The van der Waals surface area contributed by atoms with Crippen molar-refractivity contribution >= 4 is 39.1 Å². The lowest BCUT2D eigenvalue weighted by molar-refractivity contribution is -0.139. The number of rotatable bonds is 9. The fourth-order valence-electron chi connectivity index (χ4n) is 3.82. The molecule has 3 aromatic rings. The van der Waals surface area contributed by atoms with E-state index in [1.165, 1.54) is 24.1 Å². The second kappa shape index (κ2) is 11.6.